The molecule has 0 unspecified atom stereocenters. The van der Waals surface area contributed by atoms with E-state index in [1.165, 1.54) is 24.3 Å². The summed E-state index contributed by atoms with van der Waals surface area (Å²) in [4.78, 5) is 23.0. The maximum atomic E-state index is 12.7. The van der Waals surface area contributed by atoms with Gasteiger partial charge >= 0.3 is 5.97 Å². The van der Waals surface area contributed by atoms with Gasteiger partial charge in [0.15, 0.2) is 6.10 Å². The molecule has 0 saturated carbocycles. The van der Waals surface area contributed by atoms with Crippen molar-refractivity contribution in [3.63, 3.8) is 0 Å². The molecule has 0 aliphatic heterocycles. The van der Waals surface area contributed by atoms with Crippen molar-refractivity contribution in [1.29, 1.82) is 0 Å². The van der Waals surface area contributed by atoms with Gasteiger partial charge < -0.3 is 9.47 Å². The van der Waals surface area contributed by atoms with Gasteiger partial charge in [0.1, 0.15) is 6.10 Å². The molecule has 0 aromatic heterocycles. The number of hydrogen-bond donors (Lipinski definition) is 0. The van der Waals surface area contributed by atoms with Gasteiger partial charge in [0.05, 0.1) is 10.5 Å². The average Bonchev–Trinajstić information content (AvgIpc) is 2.75. The van der Waals surface area contributed by atoms with Crippen LogP contribution in [0.1, 0.15) is 33.7 Å². The maximum Gasteiger partial charge on any atom is 0.338 e. The van der Waals surface area contributed by atoms with E-state index in [0.29, 0.717) is 0 Å². The SMILES string of the molecule is CO[C@@H](c1ccccc1)[C@H](OC(=O)c1ccc([N+](=O)[O-])cc1)c1ccccc1. The molecule has 3 aromatic rings. The molecule has 2 atom stereocenters. The van der Waals surface area contributed by atoms with Gasteiger partial charge in [-0.15, -0.1) is 0 Å². The molecule has 0 aliphatic rings. The number of carbonyl (C=O) groups is 1. The highest BCUT2D eigenvalue weighted by Crippen LogP contribution is 2.35. The van der Waals surface area contributed by atoms with Crippen molar-refractivity contribution in [1.82, 2.24) is 0 Å². The molecule has 0 aliphatic carbocycles. The molecule has 6 nitrogen and oxygen atoms in total. The fourth-order valence-electron chi connectivity index (χ4n) is 2.93. The second-order valence-electron chi connectivity index (χ2n) is 6.11. The highest BCUT2D eigenvalue weighted by atomic mass is 16.6. The van der Waals surface area contributed by atoms with Crippen LogP contribution in [0.2, 0.25) is 0 Å². The number of nitro benzene ring substituents is 1. The van der Waals surface area contributed by atoms with Crippen LogP contribution < -0.4 is 0 Å². The van der Waals surface area contributed by atoms with Crippen molar-refractivity contribution in [3.8, 4) is 0 Å². The predicted octanol–water partition coefficient (Wildman–Crippen LogP) is 4.88. The van der Waals surface area contributed by atoms with E-state index in [4.69, 9.17) is 9.47 Å². The zero-order valence-corrected chi connectivity index (χ0v) is 15.2. The highest BCUT2D eigenvalue weighted by Gasteiger charge is 2.29. The summed E-state index contributed by atoms with van der Waals surface area (Å²) in [5.41, 5.74) is 1.80. The fourth-order valence-corrected chi connectivity index (χ4v) is 2.93. The summed E-state index contributed by atoms with van der Waals surface area (Å²) >= 11 is 0. The van der Waals surface area contributed by atoms with E-state index in [1.807, 2.05) is 60.7 Å². The zero-order chi connectivity index (χ0) is 19.9. The summed E-state index contributed by atoms with van der Waals surface area (Å²) in [6.45, 7) is 0. The molecular formula is C22H19NO5. The number of rotatable bonds is 7. The minimum absolute atomic E-state index is 0.0878. The molecule has 0 fully saturated rings. The molecule has 0 spiro atoms. The lowest BCUT2D eigenvalue weighted by molar-refractivity contribution is -0.384. The van der Waals surface area contributed by atoms with E-state index < -0.39 is 23.1 Å². The number of carbonyl (C=O) groups excluding carboxylic acids is 1. The molecule has 6 heteroatoms. The van der Waals surface area contributed by atoms with Gasteiger partial charge in [-0.1, -0.05) is 60.7 Å². The van der Waals surface area contributed by atoms with Crippen molar-refractivity contribution in [2.45, 2.75) is 12.2 Å². The van der Waals surface area contributed by atoms with Crippen molar-refractivity contribution < 1.29 is 19.2 Å². The highest BCUT2D eigenvalue weighted by molar-refractivity contribution is 5.89. The number of non-ortho nitro benzene ring substituents is 1. The van der Waals surface area contributed by atoms with Crippen LogP contribution in [0.3, 0.4) is 0 Å². The molecule has 0 heterocycles. The molecule has 3 rings (SSSR count). The Morgan fingerprint density at radius 2 is 1.32 bits per heavy atom. The molecule has 3 aromatic carbocycles. The van der Waals surface area contributed by atoms with Crippen LogP contribution in [0, 0.1) is 10.1 Å². The first-order valence-electron chi connectivity index (χ1n) is 8.68. The number of ether oxygens (including phenoxy) is 2. The Kier molecular flexibility index (Phi) is 6.14. The minimum Gasteiger partial charge on any atom is -0.451 e. The standard InChI is InChI=1S/C22H19NO5/c1-27-20(16-8-4-2-5-9-16)21(17-10-6-3-7-11-17)28-22(24)18-12-14-19(15-13-18)23(25)26/h2-15,20-21H,1H3/t20-,21+/m0/s1. The largest absolute Gasteiger partial charge is 0.451 e. The van der Waals surface area contributed by atoms with Crippen LogP contribution in [0.15, 0.2) is 84.9 Å². The van der Waals surface area contributed by atoms with Gasteiger partial charge in [0, 0.05) is 19.2 Å². The number of nitro groups is 1. The number of methoxy groups -OCH3 is 1. The normalized spacial score (nSPS) is 12.8. The molecule has 0 saturated heterocycles. The third kappa shape index (κ3) is 4.42. The van der Waals surface area contributed by atoms with Crippen LogP contribution in [0.5, 0.6) is 0 Å². The van der Waals surface area contributed by atoms with Crippen LogP contribution in [-0.2, 0) is 9.47 Å². The van der Waals surface area contributed by atoms with E-state index in [-0.39, 0.29) is 11.3 Å². The molecule has 0 amide bonds. The van der Waals surface area contributed by atoms with Gasteiger partial charge in [-0.05, 0) is 23.3 Å². The monoisotopic (exact) mass is 377 g/mol. The Morgan fingerprint density at radius 1 is 0.821 bits per heavy atom. The van der Waals surface area contributed by atoms with Gasteiger partial charge in [0.2, 0.25) is 0 Å². The lowest BCUT2D eigenvalue weighted by Gasteiger charge is -2.27. The molecule has 0 N–H and O–H groups in total. The van der Waals surface area contributed by atoms with Crippen LogP contribution in [0.25, 0.3) is 0 Å². The smallest absolute Gasteiger partial charge is 0.338 e. The maximum absolute atomic E-state index is 12.7. The lowest BCUT2D eigenvalue weighted by atomic mass is 9.98. The van der Waals surface area contributed by atoms with Crippen molar-refractivity contribution >= 4 is 11.7 Å². The Hall–Kier alpha value is -3.51. The van der Waals surface area contributed by atoms with Crippen molar-refractivity contribution in [2.75, 3.05) is 7.11 Å². The van der Waals surface area contributed by atoms with E-state index in [9.17, 15) is 14.9 Å². The second kappa shape index (κ2) is 8.92. The van der Waals surface area contributed by atoms with Gasteiger partial charge in [-0.3, -0.25) is 10.1 Å². The van der Waals surface area contributed by atoms with E-state index in [0.717, 1.165) is 11.1 Å². The Labute approximate surface area is 162 Å². The quantitative estimate of drug-likeness (QED) is 0.333. The number of esters is 1. The zero-order valence-electron chi connectivity index (χ0n) is 15.2. The van der Waals surface area contributed by atoms with Gasteiger partial charge in [0.25, 0.3) is 5.69 Å². The summed E-state index contributed by atoms with van der Waals surface area (Å²) in [5.74, 6) is -0.582. The van der Waals surface area contributed by atoms with Gasteiger partial charge in [-0.25, -0.2) is 4.79 Å². The summed E-state index contributed by atoms with van der Waals surface area (Å²) in [6.07, 6.45) is -1.19. The summed E-state index contributed by atoms with van der Waals surface area (Å²) in [7, 11) is 1.56. The first-order chi connectivity index (χ1) is 13.6. The molecule has 142 valence electrons. The summed E-state index contributed by atoms with van der Waals surface area (Å²) in [6, 6.07) is 24.1. The summed E-state index contributed by atoms with van der Waals surface area (Å²) in [5, 5.41) is 10.8. The molecular weight excluding hydrogens is 358 g/mol. The van der Waals surface area contributed by atoms with Crippen LogP contribution >= 0.6 is 0 Å². The van der Waals surface area contributed by atoms with Crippen LogP contribution in [0.4, 0.5) is 5.69 Å². The first-order valence-corrected chi connectivity index (χ1v) is 8.68. The molecule has 0 radical (unpaired) electrons. The van der Waals surface area contributed by atoms with E-state index in [2.05, 4.69) is 0 Å². The van der Waals surface area contributed by atoms with E-state index >= 15 is 0 Å². The molecule has 28 heavy (non-hydrogen) atoms. The van der Waals surface area contributed by atoms with Crippen molar-refractivity contribution in [3.05, 3.63) is 112 Å². The minimum atomic E-state index is -0.684. The fraction of sp³-hybridized carbons (Fsp3) is 0.136. The van der Waals surface area contributed by atoms with Crippen LogP contribution in [-0.4, -0.2) is 18.0 Å². The Bertz CT molecular complexity index is 926. The third-order valence-electron chi connectivity index (χ3n) is 4.33. The summed E-state index contributed by atoms with van der Waals surface area (Å²) < 4.78 is 11.5. The lowest BCUT2D eigenvalue weighted by Crippen LogP contribution is -2.20. The topological polar surface area (TPSA) is 78.7 Å². The Morgan fingerprint density at radius 3 is 1.79 bits per heavy atom. The number of benzene rings is 3. The van der Waals surface area contributed by atoms with Gasteiger partial charge in [-0.2, -0.15) is 0 Å². The third-order valence-corrected chi connectivity index (χ3v) is 4.33. The van der Waals surface area contributed by atoms with Crippen molar-refractivity contribution in [2.24, 2.45) is 0 Å². The number of nitrogens with zero attached hydrogens (tertiary/aromatic N) is 1. The predicted molar refractivity (Wildman–Crippen MR) is 104 cm³/mol. The Balaban J connectivity index is 1.91. The first kappa shape index (κ1) is 19.3. The van der Waals surface area contributed by atoms with E-state index in [1.54, 1.807) is 7.11 Å². The molecule has 0 bridgehead atoms. The average molecular weight is 377 g/mol. The number of hydrogen-bond acceptors (Lipinski definition) is 5. The second-order valence-corrected chi connectivity index (χ2v) is 6.11.